The minimum absolute atomic E-state index is 0.747. The maximum Gasteiger partial charge on any atom is 0.221 e. The zero-order valence-corrected chi connectivity index (χ0v) is 12.5. The lowest BCUT2D eigenvalue weighted by Crippen LogP contribution is -2.06. The number of nitrogens with one attached hydrogen (secondary N) is 1. The Kier molecular flexibility index (Phi) is 7.94. The van der Waals surface area contributed by atoms with Crippen molar-refractivity contribution < 1.29 is 4.74 Å². The number of aromatic nitrogens is 2. The Labute approximate surface area is 117 Å². The predicted octanol–water partition coefficient (Wildman–Crippen LogP) is 3.82. The van der Waals surface area contributed by atoms with Crippen molar-refractivity contribution in [3.05, 3.63) is 11.9 Å². The van der Waals surface area contributed by atoms with Crippen molar-refractivity contribution in [2.75, 3.05) is 19.0 Å². The van der Waals surface area contributed by atoms with E-state index in [-0.39, 0.29) is 0 Å². The quantitative estimate of drug-likeness (QED) is 0.653. The Balaban J connectivity index is 2.47. The minimum Gasteiger partial charge on any atom is -0.477 e. The number of hydrogen-bond acceptors (Lipinski definition) is 4. The van der Waals surface area contributed by atoms with Crippen LogP contribution in [0, 0.1) is 0 Å². The summed E-state index contributed by atoms with van der Waals surface area (Å²) in [6.45, 7) is 5.13. The van der Waals surface area contributed by atoms with E-state index in [0.717, 1.165) is 43.1 Å². The van der Waals surface area contributed by atoms with Crippen LogP contribution in [0.4, 0.5) is 5.82 Å². The summed E-state index contributed by atoms with van der Waals surface area (Å²) in [5.41, 5.74) is 1.10. The lowest BCUT2D eigenvalue weighted by Gasteiger charge is -2.12. The third-order valence-corrected chi connectivity index (χ3v) is 3.13. The molecule has 0 amide bonds. The molecule has 0 saturated heterocycles. The van der Waals surface area contributed by atoms with Gasteiger partial charge in [0.2, 0.25) is 5.88 Å². The highest BCUT2D eigenvalue weighted by Gasteiger charge is 2.10. The lowest BCUT2D eigenvalue weighted by atomic mass is 10.1. The topological polar surface area (TPSA) is 47.0 Å². The summed E-state index contributed by atoms with van der Waals surface area (Å²) in [6.07, 6.45) is 9.81. The van der Waals surface area contributed by atoms with Crippen LogP contribution in [0.5, 0.6) is 5.88 Å². The monoisotopic (exact) mass is 265 g/mol. The Morgan fingerprint density at radius 3 is 2.53 bits per heavy atom. The molecule has 1 aromatic rings. The van der Waals surface area contributed by atoms with Crippen LogP contribution >= 0.6 is 0 Å². The molecule has 0 aliphatic carbocycles. The highest BCUT2D eigenvalue weighted by molar-refractivity contribution is 5.48. The van der Waals surface area contributed by atoms with E-state index in [2.05, 4.69) is 29.1 Å². The van der Waals surface area contributed by atoms with Crippen molar-refractivity contribution in [1.82, 2.24) is 9.97 Å². The fraction of sp³-hybridized carbons (Fsp3) is 0.733. The van der Waals surface area contributed by atoms with Gasteiger partial charge in [0.15, 0.2) is 0 Å². The first-order valence-corrected chi connectivity index (χ1v) is 7.47. The van der Waals surface area contributed by atoms with Gasteiger partial charge in [0, 0.05) is 7.05 Å². The molecule has 0 atom stereocenters. The highest BCUT2D eigenvalue weighted by Crippen LogP contribution is 2.23. The number of unbranched alkanes of at least 4 members (excludes halogenated alkanes) is 4. The van der Waals surface area contributed by atoms with Crippen LogP contribution in [0.15, 0.2) is 6.33 Å². The zero-order valence-electron chi connectivity index (χ0n) is 12.5. The molecule has 19 heavy (non-hydrogen) atoms. The molecule has 0 spiro atoms. The summed E-state index contributed by atoms with van der Waals surface area (Å²) >= 11 is 0. The van der Waals surface area contributed by atoms with Crippen molar-refractivity contribution in [3.63, 3.8) is 0 Å². The summed E-state index contributed by atoms with van der Waals surface area (Å²) in [4.78, 5) is 8.51. The summed E-state index contributed by atoms with van der Waals surface area (Å²) < 4.78 is 5.82. The Bertz CT molecular complexity index is 355. The van der Waals surface area contributed by atoms with E-state index in [0.29, 0.717) is 0 Å². The smallest absolute Gasteiger partial charge is 0.221 e. The molecular formula is C15H27N3O. The molecule has 0 fully saturated rings. The molecule has 1 N–H and O–H groups in total. The first-order valence-electron chi connectivity index (χ1n) is 7.47. The van der Waals surface area contributed by atoms with Gasteiger partial charge in [-0.25, -0.2) is 9.97 Å². The van der Waals surface area contributed by atoms with Crippen molar-refractivity contribution in [2.45, 2.75) is 58.8 Å². The van der Waals surface area contributed by atoms with E-state index >= 15 is 0 Å². The van der Waals surface area contributed by atoms with E-state index in [1.807, 2.05) is 7.05 Å². The van der Waals surface area contributed by atoms with E-state index in [4.69, 9.17) is 4.74 Å². The van der Waals surface area contributed by atoms with E-state index < -0.39 is 0 Å². The number of hydrogen-bond donors (Lipinski definition) is 1. The third-order valence-electron chi connectivity index (χ3n) is 3.13. The number of rotatable bonds is 10. The fourth-order valence-corrected chi connectivity index (χ4v) is 2.09. The molecule has 0 saturated carbocycles. The molecule has 4 nitrogen and oxygen atoms in total. The second-order valence-corrected chi connectivity index (χ2v) is 4.77. The minimum atomic E-state index is 0.747. The summed E-state index contributed by atoms with van der Waals surface area (Å²) in [5.74, 6) is 1.63. The number of ether oxygens (including phenoxy) is 1. The molecule has 1 heterocycles. The lowest BCUT2D eigenvalue weighted by molar-refractivity contribution is 0.289. The summed E-state index contributed by atoms with van der Waals surface area (Å²) in [7, 11) is 1.88. The van der Waals surface area contributed by atoms with Gasteiger partial charge in [0.1, 0.15) is 12.1 Å². The number of anilines is 1. The van der Waals surface area contributed by atoms with Crippen LogP contribution in [0.3, 0.4) is 0 Å². The molecule has 1 aromatic heterocycles. The first-order chi connectivity index (χ1) is 9.33. The summed E-state index contributed by atoms with van der Waals surface area (Å²) in [6, 6.07) is 0. The molecule has 0 aliphatic heterocycles. The summed E-state index contributed by atoms with van der Waals surface area (Å²) in [5, 5.41) is 3.11. The Morgan fingerprint density at radius 2 is 1.84 bits per heavy atom. The van der Waals surface area contributed by atoms with Gasteiger partial charge in [0.05, 0.1) is 12.2 Å². The van der Waals surface area contributed by atoms with E-state index in [1.54, 1.807) is 6.33 Å². The van der Waals surface area contributed by atoms with Crippen molar-refractivity contribution in [3.8, 4) is 5.88 Å². The Hall–Kier alpha value is -1.32. The normalized spacial score (nSPS) is 10.5. The van der Waals surface area contributed by atoms with Crippen molar-refractivity contribution >= 4 is 5.82 Å². The van der Waals surface area contributed by atoms with Gasteiger partial charge < -0.3 is 10.1 Å². The van der Waals surface area contributed by atoms with Crippen molar-refractivity contribution in [2.24, 2.45) is 0 Å². The molecule has 0 bridgehead atoms. The van der Waals surface area contributed by atoms with Gasteiger partial charge in [-0.05, 0) is 12.8 Å². The predicted molar refractivity (Wildman–Crippen MR) is 79.8 cm³/mol. The van der Waals surface area contributed by atoms with Crippen LogP contribution < -0.4 is 10.1 Å². The zero-order chi connectivity index (χ0) is 13.9. The van der Waals surface area contributed by atoms with Crippen LogP contribution in [0.25, 0.3) is 0 Å². The fourth-order valence-electron chi connectivity index (χ4n) is 2.09. The van der Waals surface area contributed by atoms with E-state index in [9.17, 15) is 0 Å². The van der Waals surface area contributed by atoms with Crippen LogP contribution in [-0.4, -0.2) is 23.6 Å². The van der Waals surface area contributed by atoms with Gasteiger partial charge in [0.25, 0.3) is 0 Å². The number of nitrogens with zero attached hydrogens (tertiary/aromatic N) is 2. The molecule has 0 unspecified atom stereocenters. The van der Waals surface area contributed by atoms with Gasteiger partial charge in [-0.1, -0.05) is 46.0 Å². The maximum atomic E-state index is 5.82. The van der Waals surface area contributed by atoms with Crippen LogP contribution in [-0.2, 0) is 6.42 Å². The molecule has 0 aromatic carbocycles. The first kappa shape index (κ1) is 15.7. The van der Waals surface area contributed by atoms with Gasteiger partial charge in [-0.3, -0.25) is 0 Å². The van der Waals surface area contributed by atoms with Crippen LogP contribution in [0.1, 0.15) is 57.9 Å². The highest BCUT2D eigenvalue weighted by atomic mass is 16.5. The van der Waals surface area contributed by atoms with E-state index in [1.165, 1.54) is 25.7 Å². The maximum absolute atomic E-state index is 5.82. The SMILES string of the molecule is CCCCCCCOc1ncnc(NC)c1CCC. The van der Waals surface area contributed by atoms with Crippen LogP contribution in [0.2, 0.25) is 0 Å². The molecule has 0 aliphatic rings. The largest absolute Gasteiger partial charge is 0.477 e. The third kappa shape index (κ3) is 5.45. The molecule has 0 radical (unpaired) electrons. The average molecular weight is 265 g/mol. The average Bonchev–Trinajstić information content (AvgIpc) is 2.44. The van der Waals surface area contributed by atoms with Gasteiger partial charge >= 0.3 is 0 Å². The standard InChI is InChI=1S/C15H27N3O/c1-4-6-7-8-9-11-19-15-13(10-5-2)14(16-3)17-12-18-15/h12H,4-11H2,1-3H3,(H,16,17,18). The second kappa shape index (κ2) is 9.59. The van der Waals surface area contributed by atoms with Gasteiger partial charge in [-0.15, -0.1) is 0 Å². The Morgan fingerprint density at radius 1 is 1.05 bits per heavy atom. The molecular weight excluding hydrogens is 238 g/mol. The molecule has 1 rings (SSSR count). The molecule has 4 heteroatoms. The molecule has 108 valence electrons. The van der Waals surface area contributed by atoms with Crippen molar-refractivity contribution in [1.29, 1.82) is 0 Å². The van der Waals surface area contributed by atoms with Gasteiger partial charge in [-0.2, -0.15) is 0 Å². The second-order valence-electron chi connectivity index (χ2n) is 4.77.